The fourth-order valence-electron chi connectivity index (χ4n) is 2.07. The Hall–Kier alpha value is -1.55. The second-order valence-electron chi connectivity index (χ2n) is 4.11. The van der Waals surface area contributed by atoms with E-state index in [2.05, 4.69) is 4.98 Å². The number of halogens is 3. The Labute approximate surface area is 129 Å². The van der Waals surface area contributed by atoms with Gasteiger partial charge in [0.25, 0.3) is 5.56 Å². The molecule has 0 saturated heterocycles. The Morgan fingerprint density at radius 1 is 0.950 bits per heavy atom. The van der Waals surface area contributed by atoms with Gasteiger partial charge in [0.2, 0.25) is 0 Å². The molecule has 0 aliphatic rings. The molecular weight excluding hydrogens is 319 g/mol. The molecule has 0 aliphatic heterocycles. The minimum atomic E-state index is -0.241. The first-order valence-corrected chi connectivity index (χ1v) is 6.83. The zero-order valence-electron chi connectivity index (χ0n) is 9.98. The highest BCUT2D eigenvalue weighted by molar-refractivity contribution is 6.38. The molecule has 0 fully saturated rings. The van der Waals surface area contributed by atoms with Gasteiger partial charge in [0.1, 0.15) is 5.15 Å². The Kier molecular flexibility index (Phi) is 3.42. The van der Waals surface area contributed by atoms with E-state index in [1.165, 1.54) is 16.8 Å². The van der Waals surface area contributed by atoms with Gasteiger partial charge >= 0.3 is 0 Å². The van der Waals surface area contributed by atoms with Crippen LogP contribution in [0.4, 0.5) is 0 Å². The summed E-state index contributed by atoms with van der Waals surface area (Å²) in [6, 6.07) is 9.82. The van der Waals surface area contributed by atoms with E-state index in [1.807, 2.05) is 0 Å². The quantitative estimate of drug-likeness (QED) is 0.624. The first kappa shape index (κ1) is 13.4. The highest BCUT2D eigenvalue weighted by atomic mass is 35.5. The van der Waals surface area contributed by atoms with Crippen LogP contribution in [0, 0.1) is 0 Å². The molecule has 1 aromatic carbocycles. The van der Waals surface area contributed by atoms with Gasteiger partial charge in [-0.1, -0.05) is 40.9 Å². The molecule has 3 aromatic rings. The minimum absolute atomic E-state index is 0.241. The van der Waals surface area contributed by atoms with Crippen molar-refractivity contribution in [2.24, 2.45) is 0 Å². The van der Waals surface area contributed by atoms with Crippen LogP contribution in [0.2, 0.25) is 15.2 Å². The minimum Gasteiger partial charge on any atom is -0.274 e. The van der Waals surface area contributed by atoms with Crippen LogP contribution in [-0.4, -0.2) is 9.55 Å². The van der Waals surface area contributed by atoms with Gasteiger partial charge in [-0.2, -0.15) is 0 Å². The lowest BCUT2D eigenvalue weighted by Crippen LogP contribution is -2.18. The molecule has 2 aromatic heterocycles. The number of hydrogen-bond acceptors (Lipinski definition) is 2. The van der Waals surface area contributed by atoms with Crippen molar-refractivity contribution >= 4 is 45.7 Å². The molecule has 6 heteroatoms. The molecule has 0 radical (unpaired) electrons. The summed E-state index contributed by atoms with van der Waals surface area (Å²) in [4.78, 5) is 16.2. The van der Waals surface area contributed by atoms with Gasteiger partial charge in [-0.3, -0.25) is 9.36 Å². The summed E-state index contributed by atoms with van der Waals surface area (Å²) in [7, 11) is 0. The molecule has 20 heavy (non-hydrogen) atoms. The number of hydrogen-bond donors (Lipinski definition) is 0. The molecule has 0 bridgehead atoms. The summed E-state index contributed by atoms with van der Waals surface area (Å²) in [5, 5.41) is 1.75. The predicted molar refractivity (Wildman–Crippen MR) is 82.4 cm³/mol. The number of benzene rings is 1. The lowest BCUT2D eigenvalue weighted by atomic mass is 10.2. The molecule has 100 valence electrons. The number of nitrogens with zero attached hydrogens (tertiary/aromatic N) is 2. The van der Waals surface area contributed by atoms with Crippen molar-refractivity contribution in [2.45, 2.75) is 0 Å². The summed E-state index contributed by atoms with van der Waals surface area (Å²) < 4.78 is 1.44. The fourth-order valence-corrected chi connectivity index (χ4v) is 2.85. The second-order valence-corrected chi connectivity index (χ2v) is 5.28. The Morgan fingerprint density at radius 2 is 1.65 bits per heavy atom. The van der Waals surface area contributed by atoms with Gasteiger partial charge < -0.3 is 0 Å². The van der Waals surface area contributed by atoms with E-state index in [1.54, 1.807) is 30.3 Å². The molecule has 0 saturated carbocycles. The molecule has 3 nitrogen and oxygen atoms in total. The molecule has 0 unspecified atom stereocenters. The smallest absolute Gasteiger partial charge is 0.255 e. The number of pyridine rings is 2. The Bertz CT molecular complexity index is 854. The summed E-state index contributed by atoms with van der Waals surface area (Å²) >= 11 is 18.4. The van der Waals surface area contributed by atoms with Crippen LogP contribution >= 0.6 is 34.8 Å². The van der Waals surface area contributed by atoms with Crippen LogP contribution in [0.25, 0.3) is 16.6 Å². The summed E-state index contributed by atoms with van der Waals surface area (Å²) in [6.07, 6.45) is 1.53. The van der Waals surface area contributed by atoms with E-state index in [-0.39, 0.29) is 5.56 Å². The largest absolute Gasteiger partial charge is 0.274 e. The number of fused-ring (bicyclic) bond motifs is 1. The normalized spacial score (nSPS) is 10.9. The first-order valence-electron chi connectivity index (χ1n) is 5.70. The van der Waals surface area contributed by atoms with Gasteiger partial charge in [0.15, 0.2) is 0 Å². The number of rotatable bonds is 1. The van der Waals surface area contributed by atoms with Crippen molar-refractivity contribution in [3.63, 3.8) is 0 Å². The van der Waals surface area contributed by atoms with Crippen LogP contribution in [-0.2, 0) is 0 Å². The molecule has 2 heterocycles. The van der Waals surface area contributed by atoms with Crippen molar-refractivity contribution < 1.29 is 0 Å². The lowest BCUT2D eigenvalue weighted by molar-refractivity contribution is 1.04. The van der Waals surface area contributed by atoms with Crippen LogP contribution < -0.4 is 5.56 Å². The van der Waals surface area contributed by atoms with Crippen molar-refractivity contribution in [3.8, 4) is 5.69 Å². The van der Waals surface area contributed by atoms with Crippen LogP contribution in [0.1, 0.15) is 0 Å². The maximum Gasteiger partial charge on any atom is 0.255 e. The van der Waals surface area contributed by atoms with E-state index in [9.17, 15) is 4.79 Å². The van der Waals surface area contributed by atoms with Gasteiger partial charge in [-0.15, -0.1) is 0 Å². The average Bonchev–Trinajstić information content (AvgIpc) is 2.41. The topological polar surface area (TPSA) is 34.9 Å². The van der Waals surface area contributed by atoms with Crippen molar-refractivity contribution in [3.05, 3.63) is 68.1 Å². The summed E-state index contributed by atoms with van der Waals surface area (Å²) in [5.74, 6) is 0. The van der Waals surface area contributed by atoms with E-state index < -0.39 is 0 Å². The van der Waals surface area contributed by atoms with E-state index in [4.69, 9.17) is 34.8 Å². The lowest BCUT2D eigenvalue weighted by Gasteiger charge is -2.13. The molecule has 0 amide bonds. The van der Waals surface area contributed by atoms with Gasteiger partial charge in [-0.05, 0) is 24.3 Å². The SMILES string of the molecule is O=c1ccc2c(Cl)nccc2n1-c1c(Cl)cccc1Cl. The van der Waals surface area contributed by atoms with Crippen LogP contribution in [0.3, 0.4) is 0 Å². The zero-order chi connectivity index (χ0) is 14.3. The zero-order valence-corrected chi connectivity index (χ0v) is 12.2. The fraction of sp³-hybridized carbons (Fsp3) is 0. The number of aromatic nitrogens is 2. The maximum absolute atomic E-state index is 12.2. The average molecular weight is 326 g/mol. The van der Waals surface area contributed by atoms with Crippen LogP contribution in [0.5, 0.6) is 0 Å². The van der Waals surface area contributed by atoms with Gasteiger partial charge in [-0.25, -0.2) is 4.98 Å². The van der Waals surface area contributed by atoms with Crippen LogP contribution in [0.15, 0.2) is 47.4 Å². The first-order chi connectivity index (χ1) is 9.59. The number of para-hydroxylation sites is 1. The molecule has 0 spiro atoms. The van der Waals surface area contributed by atoms with Gasteiger partial charge in [0, 0.05) is 17.6 Å². The maximum atomic E-state index is 12.2. The molecule has 3 rings (SSSR count). The molecule has 0 atom stereocenters. The van der Waals surface area contributed by atoms with E-state index in [0.29, 0.717) is 31.8 Å². The van der Waals surface area contributed by atoms with Crippen molar-refractivity contribution in [1.82, 2.24) is 9.55 Å². The highest BCUT2D eigenvalue weighted by Gasteiger charge is 2.13. The summed E-state index contributed by atoms with van der Waals surface area (Å²) in [6.45, 7) is 0. The monoisotopic (exact) mass is 324 g/mol. The molecule has 0 N–H and O–H groups in total. The highest BCUT2D eigenvalue weighted by Crippen LogP contribution is 2.30. The molecular formula is C14H7Cl3N2O. The van der Waals surface area contributed by atoms with Crippen molar-refractivity contribution in [2.75, 3.05) is 0 Å². The van der Waals surface area contributed by atoms with E-state index >= 15 is 0 Å². The third-order valence-corrected chi connectivity index (χ3v) is 3.84. The van der Waals surface area contributed by atoms with Gasteiger partial charge in [0.05, 0.1) is 21.2 Å². The Morgan fingerprint density at radius 3 is 2.35 bits per heavy atom. The second kappa shape index (κ2) is 5.09. The third kappa shape index (κ3) is 2.08. The third-order valence-electron chi connectivity index (χ3n) is 2.93. The predicted octanol–water partition coefficient (Wildman–Crippen LogP) is 4.35. The standard InChI is InChI=1S/C14H7Cl3N2O/c15-9-2-1-3-10(16)13(9)19-11-6-7-18-14(17)8(11)4-5-12(19)20/h1-7H. The summed E-state index contributed by atoms with van der Waals surface area (Å²) in [5.41, 5.74) is 0.802. The Balaban J connectivity index is 2.51. The van der Waals surface area contributed by atoms with Crippen molar-refractivity contribution in [1.29, 1.82) is 0 Å². The molecule has 0 aliphatic carbocycles. The van der Waals surface area contributed by atoms with E-state index in [0.717, 1.165) is 0 Å².